The SMILES string of the molecule is Cc1ccc(C)c(NC(=O)c2c[nH]c(=O)n(-c3ccccc3)c2=O)c1. The number of para-hydroxylation sites is 1. The molecule has 0 saturated carbocycles. The van der Waals surface area contributed by atoms with Crippen LogP contribution in [0.1, 0.15) is 21.5 Å². The van der Waals surface area contributed by atoms with Crippen LogP contribution in [-0.4, -0.2) is 15.5 Å². The third-order valence-corrected chi connectivity index (χ3v) is 3.88. The van der Waals surface area contributed by atoms with Crippen molar-refractivity contribution in [3.8, 4) is 5.69 Å². The normalized spacial score (nSPS) is 10.5. The highest BCUT2D eigenvalue weighted by molar-refractivity contribution is 6.04. The topological polar surface area (TPSA) is 84.0 Å². The Morgan fingerprint density at radius 1 is 1.04 bits per heavy atom. The summed E-state index contributed by atoms with van der Waals surface area (Å²) in [4.78, 5) is 39.7. The summed E-state index contributed by atoms with van der Waals surface area (Å²) in [6.07, 6.45) is 1.14. The van der Waals surface area contributed by atoms with Gasteiger partial charge in [0, 0.05) is 11.9 Å². The van der Waals surface area contributed by atoms with E-state index < -0.39 is 17.2 Å². The second kappa shape index (κ2) is 6.60. The molecule has 2 aromatic carbocycles. The number of amides is 1. The molecule has 0 aliphatic rings. The lowest BCUT2D eigenvalue weighted by atomic mass is 10.1. The van der Waals surface area contributed by atoms with Gasteiger partial charge in [0.25, 0.3) is 11.5 Å². The average Bonchev–Trinajstić information content (AvgIpc) is 2.59. The lowest BCUT2D eigenvalue weighted by Crippen LogP contribution is -2.38. The minimum atomic E-state index is -0.669. The number of nitrogens with zero attached hydrogens (tertiary/aromatic N) is 1. The predicted octanol–water partition coefficient (Wildman–Crippen LogP) is 2.39. The highest BCUT2D eigenvalue weighted by Crippen LogP contribution is 2.16. The van der Waals surface area contributed by atoms with Crippen LogP contribution in [0.3, 0.4) is 0 Å². The molecule has 1 aromatic heterocycles. The molecule has 1 heterocycles. The Hall–Kier alpha value is -3.41. The zero-order chi connectivity index (χ0) is 18.0. The van der Waals surface area contributed by atoms with E-state index in [1.165, 1.54) is 0 Å². The molecule has 0 saturated heterocycles. The maximum absolute atomic E-state index is 12.7. The Labute approximate surface area is 143 Å². The molecule has 25 heavy (non-hydrogen) atoms. The van der Waals surface area contributed by atoms with Crippen LogP contribution >= 0.6 is 0 Å². The van der Waals surface area contributed by atoms with Gasteiger partial charge < -0.3 is 10.3 Å². The summed E-state index contributed by atoms with van der Waals surface area (Å²) in [5.41, 5.74) is 1.49. The van der Waals surface area contributed by atoms with E-state index in [1.807, 2.05) is 32.0 Å². The van der Waals surface area contributed by atoms with Gasteiger partial charge in [-0.05, 0) is 43.2 Å². The van der Waals surface area contributed by atoms with Crippen LogP contribution in [0.4, 0.5) is 5.69 Å². The Bertz CT molecular complexity index is 1050. The van der Waals surface area contributed by atoms with Crippen LogP contribution in [-0.2, 0) is 0 Å². The summed E-state index contributed by atoms with van der Waals surface area (Å²) in [6.45, 7) is 3.78. The summed E-state index contributed by atoms with van der Waals surface area (Å²) in [6, 6.07) is 14.1. The third-order valence-electron chi connectivity index (χ3n) is 3.88. The molecule has 0 aliphatic heterocycles. The van der Waals surface area contributed by atoms with Crippen molar-refractivity contribution in [1.29, 1.82) is 0 Å². The highest BCUT2D eigenvalue weighted by atomic mass is 16.2. The fourth-order valence-electron chi connectivity index (χ4n) is 2.51. The number of hydrogen-bond donors (Lipinski definition) is 2. The van der Waals surface area contributed by atoms with Crippen LogP contribution in [0.25, 0.3) is 5.69 Å². The van der Waals surface area contributed by atoms with Crippen LogP contribution in [0.2, 0.25) is 0 Å². The standard InChI is InChI=1S/C19H17N3O3/c1-12-8-9-13(2)16(10-12)21-17(23)15-11-20-19(25)22(18(15)24)14-6-4-3-5-7-14/h3-11H,1-2H3,(H,20,25)(H,21,23). The zero-order valence-electron chi connectivity index (χ0n) is 13.9. The number of H-pyrrole nitrogens is 1. The van der Waals surface area contributed by atoms with Gasteiger partial charge in [0.2, 0.25) is 0 Å². The second-order valence-corrected chi connectivity index (χ2v) is 5.76. The average molecular weight is 335 g/mol. The number of rotatable bonds is 3. The summed E-state index contributed by atoms with van der Waals surface area (Å²) < 4.78 is 0.942. The van der Waals surface area contributed by atoms with Gasteiger partial charge in [0.1, 0.15) is 5.56 Å². The summed E-state index contributed by atoms with van der Waals surface area (Å²) in [5.74, 6) is -0.570. The maximum atomic E-state index is 12.7. The van der Waals surface area contributed by atoms with E-state index >= 15 is 0 Å². The molecule has 3 aromatic rings. The molecule has 126 valence electrons. The van der Waals surface area contributed by atoms with Crippen molar-refractivity contribution < 1.29 is 4.79 Å². The van der Waals surface area contributed by atoms with Gasteiger partial charge >= 0.3 is 5.69 Å². The first kappa shape index (κ1) is 16.4. The van der Waals surface area contributed by atoms with Crippen LogP contribution < -0.4 is 16.6 Å². The van der Waals surface area contributed by atoms with E-state index in [4.69, 9.17) is 0 Å². The molecule has 0 radical (unpaired) electrons. The molecule has 0 aliphatic carbocycles. The van der Waals surface area contributed by atoms with E-state index in [0.29, 0.717) is 11.4 Å². The van der Waals surface area contributed by atoms with Crippen molar-refractivity contribution in [2.24, 2.45) is 0 Å². The lowest BCUT2D eigenvalue weighted by Gasteiger charge is -2.10. The smallest absolute Gasteiger partial charge is 0.322 e. The lowest BCUT2D eigenvalue weighted by molar-refractivity contribution is 0.102. The molecule has 0 atom stereocenters. The Balaban J connectivity index is 2.04. The van der Waals surface area contributed by atoms with Crippen molar-refractivity contribution >= 4 is 11.6 Å². The Kier molecular flexibility index (Phi) is 4.35. The van der Waals surface area contributed by atoms with Gasteiger partial charge in [0.05, 0.1) is 5.69 Å². The number of nitrogens with one attached hydrogen (secondary N) is 2. The van der Waals surface area contributed by atoms with E-state index in [9.17, 15) is 14.4 Å². The largest absolute Gasteiger partial charge is 0.333 e. The molecule has 6 nitrogen and oxygen atoms in total. The maximum Gasteiger partial charge on any atom is 0.333 e. The number of hydrogen-bond acceptors (Lipinski definition) is 3. The number of aryl methyl sites for hydroxylation is 2. The monoisotopic (exact) mass is 335 g/mol. The number of aromatic nitrogens is 2. The Morgan fingerprint density at radius 2 is 1.76 bits per heavy atom. The number of carbonyl (C=O) groups is 1. The first-order chi connectivity index (χ1) is 12.0. The molecule has 6 heteroatoms. The fourth-order valence-corrected chi connectivity index (χ4v) is 2.51. The highest BCUT2D eigenvalue weighted by Gasteiger charge is 2.16. The first-order valence-corrected chi connectivity index (χ1v) is 7.76. The van der Waals surface area contributed by atoms with Crippen molar-refractivity contribution in [2.75, 3.05) is 5.32 Å². The van der Waals surface area contributed by atoms with Crippen LogP contribution in [0.5, 0.6) is 0 Å². The molecule has 1 amide bonds. The minimum Gasteiger partial charge on any atom is -0.322 e. The van der Waals surface area contributed by atoms with Crippen molar-refractivity contribution in [3.05, 3.63) is 92.3 Å². The van der Waals surface area contributed by atoms with E-state index in [1.54, 1.807) is 30.3 Å². The predicted molar refractivity (Wildman–Crippen MR) is 96.5 cm³/mol. The van der Waals surface area contributed by atoms with Gasteiger partial charge in [-0.15, -0.1) is 0 Å². The van der Waals surface area contributed by atoms with Crippen molar-refractivity contribution in [3.63, 3.8) is 0 Å². The molecule has 0 bridgehead atoms. The molecule has 0 unspecified atom stereocenters. The quantitative estimate of drug-likeness (QED) is 0.771. The number of anilines is 1. The number of benzene rings is 2. The summed E-state index contributed by atoms with van der Waals surface area (Å²) in [7, 11) is 0. The van der Waals surface area contributed by atoms with Gasteiger partial charge in [-0.2, -0.15) is 0 Å². The zero-order valence-corrected chi connectivity index (χ0v) is 13.9. The van der Waals surface area contributed by atoms with Crippen LogP contribution in [0, 0.1) is 13.8 Å². The van der Waals surface area contributed by atoms with Gasteiger partial charge in [-0.1, -0.05) is 30.3 Å². The van der Waals surface area contributed by atoms with Gasteiger partial charge in [-0.25, -0.2) is 9.36 Å². The van der Waals surface area contributed by atoms with E-state index in [0.717, 1.165) is 21.9 Å². The summed E-state index contributed by atoms with van der Waals surface area (Å²) >= 11 is 0. The molecule has 2 N–H and O–H groups in total. The molecular weight excluding hydrogens is 318 g/mol. The number of aromatic amines is 1. The number of carbonyl (C=O) groups excluding carboxylic acids is 1. The molecule has 0 fully saturated rings. The third kappa shape index (κ3) is 3.28. The molecule has 0 spiro atoms. The molecular formula is C19H17N3O3. The van der Waals surface area contributed by atoms with E-state index in [2.05, 4.69) is 10.3 Å². The first-order valence-electron chi connectivity index (χ1n) is 7.76. The van der Waals surface area contributed by atoms with Crippen molar-refractivity contribution in [1.82, 2.24) is 9.55 Å². The van der Waals surface area contributed by atoms with E-state index in [-0.39, 0.29) is 5.56 Å². The molecule has 3 rings (SSSR count). The second-order valence-electron chi connectivity index (χ2n) is 5.76. The van der Waals surface area contributed by atoms with Gasteiger partial charge in [0.15, 0.2) is 0 Å². The Morgan fingerprint density at radius 3 is 2.48 bits per heavy atom. The summed E-state index contributed by atoms with van der Waals surface area (Å²) in [5, 5.41) is 2.73. The minimum absolute atomic E-state index is 0.135. The fraction of sp³-hybridized carbons (Fsp3) is 0.105. The van der Waals surface area contributed by atoms with Gasteiger partial charge in [-0.3, -0.25) is 9.59 Å². The van der Waals surface area contributed by atoms with Crippen molar-refractivity contribution in [2.45, 2.75) is 13.8 Å². The van der Waals surface area contributed by atoms with Crippen LogP contribution in [0.15, 0.2) is 64.3 Å².